The molecule has 206 valence electrons. The number of esters is 1. The molecule has 0 saturated heterocycles. The van der Waals surface area contributed by atoms with Crippen LogP contribution >= 0.6 is 0 Å². The number of halogens is 4. The molecule has 1 aliphatic carbocycles. The number of aliphatic hydroxyl groups is 1. The highest BCUT2D eigenvalue weighted by molar-refractivity contribution is 5.85. The molecule has 0 saturated carbocycles. The van der Waals surface area contributed by atoms with Crippen molar-refractivity contribution in [3.05, 3.63) is 94.6 Å². The largest absolute Gasteiger partial charge is 0.486 e. The van der Waals surface area contributed by atoms with Gasteiger partial charge in [0.15, 0.2) is 11.6 Å². The summed E-state index contributed by atoms with van der Waals surface area (Å²) < 4.78 is 67.1. The zero-order valence-electron chi connectivity index (χ0n) is 21.9. The molecule has 0 unspecified atom stereocenters. The molecule has 4 nitrogen and oxygen atoms in total. The zero-order valence-corrected chi connectivity index (χ0v) is 21.9. The normalized spacial score (nSPS) is 15.3. The van der Waals surface area contributed by atoms with E-state index in [0.717, 1.165) is 30.5 Å². The van der Waals surface area contributed by atoms with Crippen molar-refractivity contribution in [1.82, 2.24) is 0 Å². The standard InChI is InChI=1S/C31H30F4O4/c1-31(2)13-5-7-24(31)22-14-18(9-11-20(22)23-15-19(30(34)35)10-12-25(23)32)17-39-27-8-4-6-21(29(27)33)26(36)16-28(37)38-3/h4,6-12,14-15,26,30,36H,5,13,16-17H2,1-3H3/t26-/m1/s1. The molecule has 0 bridgehead atoms. The maximum absolute atomic E-state index is 15.1. The summed E-state index contributed by atoms with van der Waals surface area (Å²) in [6, 6.07) is 12.8. The number of alkyl halides is 2. The second-order valence-electron chi connectivity index (χ2n) is 10.2. The first-order valence-corrected chi connectivity index (χ1v) is 12.6. The molecule has 1 aliphatic rings. The lowest BCUT2D eigenvalue weighted by molar-refractivity contribution is -0.142. The molecule has 1 atom stereocenters. The van der Waals surface area contributed by atoms with Gasteiger partial charge in [-0.25, -0.2) is 17.6 Å². The average molecular weight is 543 g/mol. The van der Waals surface area contributed by atoms with Gasteiger partial charge < -0.3 is 14.6 Å². The Kier molecular flexibility index (Phi) is 8.45. The number of aliphatic hydroxyl groups excluding tert-OH is 1. The SMILES string of the molecule is COC(=O)C[C@@H](O)c1cccc(OCc2ccc(-c3cc(C(F)F)ccc3F)c(C3=CCCC3(C)C)c2)c1F. The summed E-state index contributed by atoms with van der Waals surface area (Å²) in [4.78, 5) is 11.5. The molecular weight excluding hydrogens is 512 g/mol. The van der Waals surface area contributed by atoms with Crippen LogP contribution in [0, 0.1) is 17.0 Å². The average Bonchev–Trinajstić information content (AvgIpc) is 3.26. The van der Waals surface area contributed by atoms with Crippen LogP contribution in [0.5, 0.6) is 5.75 Å². The summed E-state index contributed by atoms with van der Waals surface area (Å²) in [7, 11) is 1.18. The van der Waals surface area contributed by atoms with Gasteiger partial charge in [-0.05, 0) is 64.8 Å². The van der Waals surface area contributed by atoms with Gasteiger partial charge in [0.05, 0.1) is 19.6 Å². The second-order valence-corrected chi connectivity index (χ2v) is 10.2. The molecule has 0 spiro atoms. The van der Waals surface area contributed by atoms with Crippen LogP contribution < -0.4 is 4.74 Å². The van der Waals surface area contributed by atoms with Crippen molar-refractivity contribution in [1.29, 1.82) is 0 Å². The van der Waals surface area contributed by atoms with E-state index in [-0.39, 0.29) is 34.5 Å². The highest BCUT2D eigenvalue weighted by Gasteiger charge is 2.30. The number of benzene rings is 3. The molecule has 0 amide bonds. The number of hydrogen-bond acceptors (Lipinski definition) is 4. The number of ether oxygens (including phenoxy) is 2. The third kappa shape index (κ3) is 6.17. The van der Waals surface area contributed by atoms with Gasteiger partial charge in [0, 0.05) is 16.7 Å². The first-order valence-electron chi connectivity index (χ1n) is 12.6. The topological polar surface area (TPSA) is 55.8 Å². The fourth-order valence-corrected chi connectivity index (χ4v) is 4.90. The monoisotopic (exact) mass is 542 g/mol. The smallest absolute Gasteiger partial charge is 0.308 e. The van der Waals surface area contributed by atoms with E-state index in [1.54, 1.807) is 12.1 Å². The van der Waals surface area contributed by atoms with Gasteiger partial charge in [0.2, 0.25) is 0 Å². The molecule has 0 aliphatic heterocycles. The second kappa shape index (κ2) is 11.6. The number of rotatable bonds is 9. The Morgan fingerprint density at radius 3 is 2.46 bits per heavy atom. The number of allylic oxidation sites excluding steroid dienone is 2. The van der Waals surface area contributed by atoms with Crippen molar-refractivity contribution in [3.63, 3.8) is 0 Å². The quantitative estimate of drug-likeness (QED) is 0.220. The van der Waals surface area contributed by atoms with Crippen molar-refractivity contribution < 1.29 is 36.9 Å². The highest BCUT2D eigenvalue weighted by Crippen LogP contribution is 2.47. The predicted molar refractivity (Wildman–Crippen MR) is 140 cm³/mol. The van der Waals surface area contributed by atoms with Crippen LogP contribution in [0.4, 0.5) is 17.6 Å². The summed E-state index contributed by atoms with van der Waals surface area (Å²) in [5, 5.41) is 10.3. The Morgan fingerprint density at radius 1 is 1.03 bits per heavy atom. The van der Waals surface area contributed by atoms with Crippen molar-refractivity contribution in [2.24, 2.45) is 5.41 Å². The third-order valence-electron chi connectivity index (χ3n) is 7.09. The lowest BCUT2D eigenvalue weighted by atomic mass is 9.79. The predicted octanol–water partition coefficient (Wildman–Crippen LogP) is 7.95. The minimum absolute atomic E-state index is 0.0476. The molecule has 3 aromatic carbocycles. The van der Waals surface area contributed by atoms with Gasteiger partial charge in [0.25, 0.3) is 6.43 Å². The van der Waals surface area contributed by atoms with Crippen molar-refractivity contribution >= 4 is 11.5 Å². The van der Waals surface area contributed by atoms with Crippen molar-refractivity contribution in [2.75, 3.05) is 7.11 Å². The maximum atomic E-state index is 15.1. The Morgan fingerprint density at radius 2 is 1.79 bits per heavy atom. The van der Waals surface area contributed by atoms with Crippen LogP contribution in [0.25, 0.3) is 16.7 Å². The molecule has 39 heavy (non-hydrogen) atoms. The minimum Gasteiger partial charge on any atom is -0.486 e. The van der Waals surface area contributed by atoms with Gasteiger partial charge in [0.1, 0.15) is 12.4 Å². The van der Waals surface area contributed by atoms with Crippen LogP contribution in [-0.2, 0) is 16.1 Å². The van der Waals surface area contributed by atoms with Gasteiger partial charge >= 0.3 is 5.97 Å². The molecule has 1 N–H and O–H groups in total. The molecule has 4 rings (SSSR count). The Hall–Kier alpha value is -3.65. The Balaban J connectivity index is 1.68. The first kappa shape index (κ1) is 28.4. The summed E-state index contributed by atoms with van der Waals surface area (Å²) in [6.45, 7) is 4.10. The van der Waals surface area contributed by atoms with Crippen molar-refractivity contribution in [3.8, 4) is 16.9 Å². The van der Waals surface area contributed by atoms with E-state index in [1.165, 1.54) is 31.4 Å². The van der Waals surface area contributed by atoms with Crippen LogP contribution in [0.2, 0.25) is 0 Å². The van der Waals surface area contributed by atoms with Crippen LogP contribution in [0.3, 0.4) is 0 Å². The van der Waals surface area contributed by atoms with Gasteiger partial charge in [-0.2, -0.15) is 0 Å². The van der Waals surface area contributed by atoms with Gasteiger partial charge in [-0.1, -0.05) is 50.3 Å². The molecule has 0 radical (unpaired) electrons. The lowest BCUT2D eigenvalue weighted by Crippen LogP contribution is -2.11. The third-order valence-corrected chi connectivity index (χ3v) is 7.09. The summed E-state index contributed by atoms with van der Waals surface area (Å²) in [5.41, 5.74) is 2.31. The highest BCUT2D eigenvalue weighted by atomic mass is 19.3. The van der Waals surface area contributed by atoms with E-state index < -0.39 is 36.6 Å². The number of carbonyl (C=O) groups is 1. The molecule has 0 aromatic heterocycles. The van der Waals surface area contributed by atoms with Gasteiger partial charge in [-0.15, -0.1) is 0 Å². The van der Waals surface area contributed by atoms with E-state index in [4.69, 9.17) is 4.74 Å². The van der Waals surface area contributed by atoms with E-state index in [9.17, 15) is 23.1 Å². The number of methoxy groups -OCH3 is 1. The van der Waals surface area contributed by atoms with Crippen molar-refractivity contribution in [2.45, 2.75) is 52.2 Å². The van der Waals surface area contributed by atoms with Crippen LogP contribution in [0.1, 0.15) is 67.9 Å². The fraction of sp³-hybridized carbons (Fsp3) is 0.323. The van der Waals surface area contributed by atoms with Crippen LogP contribution in [-0.4, -0.2) is 18.2 Å². The van der Waals surface area contributed by atoms with Gasteiger partial charge in [-0.3, -0.25) is 4.79 Å². The van der Waals surface area contributed by atoms with Crippen LogP contribution in [0.15, 0.2) is 60.7 Å². The lowest BCUT2D eigenvalue weighted by Gasteiger charge is -2.25. The van der Waals surface area contributed by atoms with E-state index in [2.05, 4.69) is 24.7 Å². The number of carbonyl (C=O) groups excluding carboxylic acids is 1. The minimum atomic E-state index is -2.74. The van der Waals surface area contributed by atoms with E-state index >= 15 is 4.39 Å². The van der Waals surface area contributed by atoms with E-state index in [0.29, 0.717) is 16.7 Å². The molecule has 0 heterocycles. The molecule has 8 heteroatoms. The molecular formula is C31H30F4O4. The molecule has 3 aromatic rings. The summed E-state index contributed by atoms with van der Waals surface area (Å²) in [6.07, 6.45) is -0.760. The van der Waals surface area contributed by atoms with E-state index in [1.807, 2.05) is 6.07 Å². The first-order chi connectivity index (χ1) is 18.5. The Labute approximate surface area is 224 Å². The number of hydrogen-bond donors (Lipinski definition) is 1. The maximum Gasteiger partial charge on any atom is 0.308 e. The summed E-state index contributed by atoms with van der Waals surface area (Å²) in [5.74, 6) is -2.19. The zero-order chi connectivity index (χ0) is 28.3. The Bertz CT molecular complexity index is 1400. The fourth-order valence-electron chi connectivity index (χ4n) is 4.90. The molecule has 0 fully saturated rings. The summed E-state index contributed by atoms with van der Waals surface area (Å²) >= 11 is 0.